The summed E-state index contributed by atoms with van der Waals surface area (Å²) >= 11 is 20.3. The minimum absolute atomic E-state index is 0. The number of aromatic nitrogens is 8. The van der Waals surface area contributed by atoms with Gasteiger partial charge in [0.15, 0.2) is 12.2 Å². The van der Waals surface area contributed by atoms with Gasteiger partial charge in [0.2, 0.25) is 11.8 Å². The standard InChI is InChI=1S/2C23H25BrN2O6.C15H15BrN2O5.C8H12O5.C7H4BrIN2.CH4.B8.I2.HI/c1-12-13(2)23(31-16(5)29)20(32-21(12)11-30-15(4)28)7-6-17-8-19(24)9-18-10-26(14(3)27)25-22(17)18;1-12-13(2)23(31-16(5)29)20(32-21(12)11-30-15(4)28)7-6-17-8-19(24)9-18-10-25-26(14(3)27)22(17)18;16-9-3-7(12-8(4-9)5-17-18-12)1-2-10-13(20)15(22)14(21)11(6-19)23-10;1-2-4-6(10)8(12)7(11)5(3-9)13-4;8-5-1-4-3-10-11-7(4)6(9)2-5;;1-6(2)8(5)7(3)4;1-2;/h2*8-10,12-13,20-21,23H,11H2,1-5H3;3-5,10-11,13-15,19-22H,6H2,(H,17,18);1,4-12H,3H2;1-3H,(H,10,11);1H4;;;1H/t2*12-,13-,20+,21+,23-;10-,11-,13-,14-,15-;4-,5-,6-,7-,8-;;;;;/m0011...../s1. The molecule has 0 bridgehead atoms. The summed E-state index contributed by atoms with van der Waals surface area (Å²) in [4.78, 5) is 69.7. The van der Waals surface area contributed by atoms with E-state index in [0.717, 1.165) is 50.5 Å². The molecule has 4 aromatic carbocycles. The smallest absolute Gasteiger partial charge is 0.303 e. The van der Waals surface area contributed by atoms with Crippen LogP contribution in [-0.4, -0.2) is 298 Å². The van der Waals surface area contributed by atoms with Gasteiger partial charge >= 0.3 is 23.9 Å². The molecule has 20 atom stereocenters. The maximum absolute atomic E-state index is 12.0. The molecular formula is C77H86B8Br4I4N8O22. The van der Waals surface area contributed by atoms with Crippen LogP contribution >= 0.6 is 148 Å². The summed E-state index contributed by atoms with van der Waals surface area (Å²) in [6.07, 6.45) is -5.61. The van der Waals surface area contributed by atoms with E-state index in [9.17, 15) is 64.5 Å². The Kier molecular flexibility index (Phi) is 47.3. The van der Waals surface area contributed by atoms with Gasteiger partial charge in [-0.05, 0) is 83.0 Å². The number of H-pyrrole nitrogens is 2. The Morgan fingerprint density at radius 1 is 0.520 bits per heavy atom. The molecular weight excluding hydrogens is 2300 g/mol. The van der Waals surface area contributed by atoms with Crippen molar-refractivity contribution in [1.29, 1.82) is 0 Å². The van der Waals surface area contributed by atoms with Crippen LogP contribution in [0, 0.1) is 75.1 Å². The second kappa shape index (κ2) is 52.7. The summed E-state index contributed by atoms with van der Waals surface area (Å²) in [5.74, 6) is 17.7. The van der Waals surface area contributed by atoms with Crippen LogP contribution in [0.5, 0.6) is 0 Å². The Hall–Kier alpha value is -4.90. The highest BCUT2D eigenvalue weighted by Gasteiger charge is 2.47. The van der Waals surface area contributed by atoms with E-state index >= 15 is 0 Å². The van der Waals surface area contributed by atoms with Crippen molar-refractivity contribution >= 4 is 285 Å². The number of hydrogen-bond donors (Lipinski definition) is 10. The fourth-order valence-corrected chi connectivity index (χ4v) is 15.5. The van der Waals surface area contributed by atoms with E-state index in [2.05, 4.69) is 202 Å². The molecule has 0 aliphatic carbocycles. The van der Waals surface area contributed by atoms with Gasteiger partial charge in [0.1, 0.15) is 92.0 Å². The summed E-state index contributed by atoms with van der Waals surface area (Å²) in [6.45, 7) is 15.3. The number of carbonyl (C=O) groups excluding carboxylic acids is 6. The fraction of sp³-hybridized carbons (Fsp3) is 0.455. The van der Waals surface area contributed by atoms with Crippen LogP contribution in [0.25, 0.3) is 43.6 Å². The molecule has 646 valence electrons. The molecule has 4 aliphatic rings. The number of hydrogen-bond acceptors (Lipinski definition) is 26. The highest BCUT2D eigenvalue weighted by atomic mass is 128. The lowest BCUT2D eigenvalue weighted by Crippen LogP contribution is -2.58. The van der Waals surface area contributed by atoms with E-state index in [0.29, 0.717) is 27.7 Å². The predicted octanol–water partition coefficient (Wildman–Crippen LogP) is 6.58. The molecule has 8 heterocycles. The third-order valence-corrected chi connectivity index (χ3v) is 22.0. The second-order valence-electron chi connectivity index (χ2n) is 28.0. The van der Waals surface area contributed by atoms with Crippen molar-refractivity contribution in [3.63, 3.8) is 0 Å². The van der Waals surface area contributed by atoms with Crippen molar-refractivity contribution in [3.05, 3.63) is 111 Å². The summed E-state index contributed by atoms with van der Waals surface area (Å²) < 4.78 is 51.2. The third-order valence-electron chi connectivity index (χ3n) is 19.3. The van der Waals surface area contributed by atoms with E-state index in [-0.39, 0.29) is 86.2 Å². The molecule has 46 heteroatoms. The summed E-state index contributed by atoms with van der Waals surface area (Å²) in [7, 11) is 25.8. The van der Waals surface area contributed by atoms with Gasteiger partial charge < -0.3 is 78.7 Å². The molecule has 10 radical (unpaired) electrons. The molecule has 12 rings (SSSR count). The van der Waals surface area contributed by atoms with E-state index in [1.165, 1.54) is 54.5 Å². The lowest BCUT2D eigenvalue weighted by atomic mass is 8.68. The first-order valence-corrected chi connectivity index (χ1v) is 47.4. The van der Waals surface area contributed by atoms with Gasteiger partial charge in [0.25, 0.3) is 0 Å². The average Bonchev–Trinajstić information content (AvgIpc) is 1.78. The molecule has 4 aromatic heterocycles. The van der Waals surface area contributed by atoms with Crippen LogP contribution < -0.4 is 0 Å². The molecule has 123 heavy (non-hydrogen) atoms. The highest BCUT2D eigenvalue weighted by Crippen LogP contribution is 2.36. The molecule has 0 unspecified atom stereocenters. The van der Waals surface area contributed by atoms with Crippen molar-refractivity contribution in [2.24, 2.45) is 23.7 Å². The zero-order chi connectivity index (χ0) is 90.3. The Morgan fingerprint density at radius 3 is 1.36 bits per heavy atom. The monoisotopic (exact) mass is 2390 g/mol. The second-order valence-corrected chi connectivity index (χ2v) is 32.9. The van der Waals surface area contributed by atoms with Crippen molar-refractivity contribution in [2.45, 2.75) is 174 Å². The number of ether oxygens (including phenoxy) is 8. The minimum Gasteiger partial charge on any atom is -0.463 e. The number of halogens is 8. The minimum atomic E-state index is -1.44. The van der Waals surface area contributed by atoms with Crippen molar-refractivity contribution in [2.75, 3.05) is 26.4 Å². The van der Waals surface area contributed by atoms with Gasteiger partial charge in [0, 0.05) is 198 Å². The number of terminal acetylenes is 1. The SMILES string of the molecule is Brc1cc(I)c2[nH]ncc2c1.C.C#C[C@H]1O[C@H](CO)[C@@H](O)[C@H](O)[C@@H]1O.CC(=O)OC[C@H]1O[C@H](C#Cc2cc(Br)cc3cn(C(C)=O)nc23)[C@@H](OC(C)=O)[C@@H](C)[C@@H]1C.CC(=O)OC[C@H]1O[C@H](C#Cc2cc(Br)cc3cnn(C(C)=O)c23)[C@@H](OC(C)=O)[C@@H](C)[C@@H]1C.I.II.OC[C@H]1O[C@H](C#Cc2cc(Br)cc3cn[nH]c23)[C@@H](O)[C@@H](O)[C@@H]1O.[B]B([B])B([B])B([B])[B]. The number of aliphatic hydroxyl groups excluding tert-OH is 8. The molecule has 10 N–H and O–H groups in total. The number of aromatic amines is 2. The van der Waals surface area contributed by atoms with Crippen LogP contribution in [0.2, 0.25) is 0 Å². The van der Waals surface area contributed by atoms with Gasteiger partial charge in [0.05, 0.1) is 77.3 Å². The van der Waals surface area contributed by atoms with Crippen molar-refractivity contribution in [3.8, 4) is 47.9 Å². The van der Waals surface area contributed by atoms with Crippen LogP contribution in [0.4, 0.5) is 0 Å². The topological polar surface area (TPSA) is 431 Å². The van der Waals surface area contributed by atoms with E-state index in [1.54, 1.807) is 36.8 Å². The zero-order valence-corrected chi connectivity index (χ0v) is 82.2. The van der Waals surface area contributed by atoms with Crippen molar-refractivity contribution in [1.82, 2.24) is 40.0 Å². The average molecular weight is 2390 g/mol. The van der Waals surface area contributed by atoms with E-state index < -0.39 is 148 Å². The predicted molar refractivity (Wildman–Crippen MR) is 519 cm³/mol. The highest BCUT2D eigenvalue weighted by molar-refractivity contribution is 15.0. The quantitative estimate of drug-likeness (QED) is 0.0227. The Labute approximate surface area is 807 Å². The lowest BCUT2D eigenvalue weighted by Gasteiger charge is -2.42. The van der Waals surface area contributed by atoms with Crippen LogP contribution in [0.3, 0.4) is 0 Å². The van der Waals surface area contributed by atoms with Crippen molar-refractivity contribution < 1.29 is 108 Å². The first kappa shape index (κ1) is 110. The van der Waals surface area contributed by atoms with Gasteiger partial charge in [-0.15, -0.1) is 30.4 Å². The Bertz CT molecular complexity index is 5140. The number of rotatable bonds is 10. The fourth-order valence-electron chi connectivity index (χ4n) is 12.4. The Morgan fingerprint density at radius 2 is 0.919 bits per heavy atom. The number of fused-ring (bicyclic) bond motifs is 4. The third kappa shape index (κ3) is 31.2. The number of esters is 4. The number of carbonyl (C=O) groups is 6. The maximum atomic E-state index is 12.0. The zero-order valence-electron chi connectivity index (χ0n) is 67.0. The van der Waals surface area contributed by atoms with Crippen LogP contribution in [-0.2, 0) is 57.1 Å². The number of benzene rings is 4. The van der Waals surface area contributed by atoms with Gasteiger partial charge in [-0.25, -0.2) is 4.68 Å². The summed E-state index contributed by atoms with van der Waals surface area (Å²) in [5.41, 5.74) is 4.83. The number of nitrogens with zero attached hydrogens (tertiary/aromatic N) is 6. The first-order chi connectivity index (χ1) is 57.1. The molecule has 8 aromatic rings. The molecule has 0 spiro atoms. The summed E-state index contributed by atoms with van der Waals surface area (Å²) in [6, 6.07) is 15.1. The first-order valence-electron chi connectivity index (χ1n) is 36.8. The van der Waals surface area contributed by atoms with Crippen LogP contribution in [0.1, 0.15) is 103 Å². The molecule has 0 amide bonds. The number of nitrogens with one attached hydrogen (secondary N) is 2. The van der Waals surface area contributed by atoms with Gasteiger partial charge in [-0.2, -0.15) is 25.1 Å². The molecule has 4 fully saturated rings. The van der Waals surface area contributed by atoms with Gasteiger partial charge in [-0.1, -0.05) is 140 Å². The molecule has 30 nitrogen and oxygen atoms in total. The van der Waals surface area contributed by atoms with Gasteiger partial charge in [-0.3, -0.25) is 39.0 Å². The largest absolute Gasteiger partial charge is 0.463 e. The van der Waals surface area contributed by atoms with Crippen LogP contribution in [0.15, 0.2) is 91.2 Å². The lowest BCUT2D eigenvalue weighted by molar-refractivity contribution is -0.214. The molecule has 4 aliphatic heterocycles. The van der Waals surface area contributed by atoms with E-state index in [4.69, 9.17) is 88.1 Å². The molecule has 0 saturated carbocycles. The molecule has 4 saturated heterocycles. The maximum Gasteiger partial charge on any atom is 0.303 e. The van der Waals surface area contributed by atoms with E-state index in [1.807, 2.05) is 58.2 Å². The Balaban J connectivity index is 0.000000326. The number of aliphatic hydroxyl groups is 8. The normalized spacial score (nSPS) is 25.1. The summed E-state index contributed by atoms with van der Waals surface area (Å²) in [5, 5.41) is 101.